The SMILES string of the molecule is Cc1ccn(-c2ccc(NC(=O)Cn3nnc4ccccc43)cc2)n1. The van der Waals surface area contributed by atoms with Crippen molar-refractivity contribution in [3.8, 4) is 5.69 Å². The van der Waals surface area contributed by atoms with Crippen LogP contribution in [-0.4, -0.2) is 30.7 Å². The summed E-state index contributed by atoms with van der Waals surface area (Å²) in [6, 6.07) is 17.0. The first-order chi connectivity index (χ1) is 12.2. The largest absolute Gasteiger partial charge is 0.324 e. The van der Waals surface area contributed by atoms with E-state index in [9.17, 15) is 4.79 Å². The molecule has 0 aliphatic heterocycles. The fourth-order valence-electron chi connectivity index (χ4n) is 2.63. The number of aryl methyl sites for hydroxylation is 1. The van der Waals surface area contributed by atoms with E-state index in [0.717, 1.165) is 28.1 Å². The summed E-state index contributed by atoms with van der Waals surface area (Å²) in [4.78, 5) is 12.3. The number of nitrogens with zero attached hydrogens (tertiary/aromatic N) is 5. The first-order valence-corrected chi connectivity index (χ1v) is 7.90. The quantitative estimate of drug-likeness (QED) is 0.623. The highest BCUT2D eigenvalue weighted by Crippen LogP contribution is 2.14. The molecule has 0 atom stereocenters. The summed E-state index contributed by atoms with van der Waals surface area (Å²) in [6.45, 7) is 2.06. The van der Waals surface area contributed by atoms with E-state index in [2.05, 4.69) is 20.7 Å². The van der Waals surface area contributed by atoms with Gasteiger partial charge in [-0.05, 0) is 49.4 Å². The number of carbonyl (C=O) groups is 1. The number of fused-ring (bicyclic) bond motifs is 1. The maximum absolute atomic E-state index is 12.3. The third-order valence-electron chi connectivity index (χ3n) is 3.85. The smallest absolute Gasteiger partial charge is 0.246 e. The van der Waals surface area contributed by atoms with Gasteiger partial charge < -0.3 is 5.32 Å². The number of rotatable bonds is 4. The lowest BCUT2D eigenvalue weighted by molar-refractivity contribution is -0.116. The number of hydrogen-bond donors (Lipinski definition) is 1. The Hall–Kier alpha value is -3.48. The van der Waals surface area contributed by atoms with E-state index < -0.39 is 0 Å². The molecule has 0 radical (unpaired) electrons. The van der Waals surface area contributed by atoms with Gasteiger partial charge in [0, 0.05) is 11.9 Å². The lowest BCUT2D eigenvalue weighted by Gasteiger charge is -2.07. The van der Waals surface area contributed by atoms with Gasteiger partial charge in [-0.2, -0.15) is 5.10 Å². The van der Waals surface area contributed by atoms with Crippen molar-refractivity contribution >= 4 is 22.6 Å². The Kier molecular flexibility index (Phi) is 3.74. The Bertz CT molecular complexity index is 1030. The summed E-state index contributed by atoms with van der Waals surface area (Å²) < 4.78 is 3.38. The molecule has 1 amide bonds. The second-order valence-corrected chi connectivity index (χ2v) is 5.73. The van der Waals surface area contributed by atoms with E-state index in [1.54, 1.807) is 9.36 Å². The molecule has 0 spiro atoms. The highest BCUT2D eigenvalue weighted by atomic mass is 16.2. The topological polar surface area (TPSA) is 77.6 Å². The van der Waals surface area contributed by atoms with E-state index in [1.165, 1.54) is 0 Å². The zero-order valence-electron chi connectivity index (χ0n) is 13.6. The fraction of sp³-hybridized carbons (Fsp3) is 0.111. The van der Waals surface area contributed by atoms with Crippen molar-refractivity contribution in [2.24, 2.45) is 0 Å². The molecular formula is C18H16N6O. The molecule has 0 saturated carbocycles. The van der Waals surface area contributed by atoms with Crippen LogP contribution < -0.4 is 5.32 Å². The number of nitrogens with one attached hydrogen (secondary N) is 1. The van der Waals surface area contributed by atoms with Crippen molar-refractivity contribution in [1.29, 1.82) is 0 Å². The molecule has 7 nitrogen and oxygen atoms in total. The number of anilines is 1. The van der Waals surface area contributed by atoms with Gasteiger partial charge in [0.25, 0.3) is 0 Å². The van der Waals surface area contributed by atoms with Crippen LogP contribution in [0.15, 0.2) is 60.8 Å². The molecule has 0 aliphatic rings. The second-order valence-electron chi connectivity index (χ2n) is 5.73. The highest BCUT2D eigenvalue weighted by Gasteiger charge is 2.09. The lowest BCUT2D eigenvalue weighted by atomic mass is 10.3. The Labute approximate surface area is 143 Å². The number of aromatic nitrogens is 5. The average molecular weight is 332 g/mol. The molecule has 0 aliphatic carbocycles. The molecule has 4 rings (SSSR count). The van der Waals surface area contributed by atoms with Crippen LogP contribution >= 0.6 is 0 Å². The molecule has 25 heavy (non-hydrogen) atoms. The van der Waals surface area contributed by atoms with Crippen molar-refractivity contribution in [3.05, 3.63) is 66.5 Å². The fourth-order valence-corrected chi connectivity index (χ4v) is 2.63. The summed E-state index contributed by atoms with van der Waals surface area (Å²) in [5.74, 6) is -0.154. The summed E-state index contributed by atoms with van der Waals surface area (Å²) in [5.41, 5.74) is 4.23. The van der Waals surface area contributed by atoms with Crippen LogP contribution in [0.1, 0.15) is 5.69 Å². The highest BCUT2D eigenvalue weighted by molar-refractivity contribution is 5.91. The van der Waals surface area contributed by atoms with Crippen LogP contribution in [0.5, 0.6) is 0 Å². The summed E-state index contributed by atoms with van der Waals surface area (Å²) in [7, 11) is 0. The Morgan fingerprint density at radius 2 is 1.88 bits per heavy atom. The first-order valence-electron chi connectivity index (χ1n) is 7.90. The molecule has 2 aromatic carbocycles. The zero-order chi connectivity index (χ0) is 17.2. The van der Waals surface area contributed by atoms with Gasteiger partial charge in [-0.15, -0.1) is 5.10 Å². The third kappa shape index (κ3) is 3.12. The Balaban J connectivity index is 1.45. The molecule has 0 fully saturated rings. The van der Waals surface area contributed by atoms with Gasteiger partial charge in [0.05, 0.1) is 16.9 Å². The third-order valence-corrected chi connectivity index (χ3v) is 3.85. The van der Waals surface area contributed by atoms with Gasteiger partial charge in [0.2, 0.25) is 5.91 Å². The van der Waals surface area contributed by atoms with Crippen molar-refractivity contribution in [2.75, 3.05) is 5.32 Å². The number of para-hydroxylation sites is 1. The van der Waals surface area contributed by atoms with Crippen molar-refractivity contribution in [3.63, 3.8) is 0 Å². The van der Waals surface area contributed by atoms with Gasteiger partial charge in [0.15, 0.2) is 0 Å². The molecule has 4 aromatic rings. The lowest BCUT2D eigenvalue weighted by Crippen LogP contribution is -2.19. The van der Waals surface area contributed by atoms with Crippen LogP contribution in [0, 0.1) is 6.92 Å². The van der Waals surface area contributed by atoms with Crippen LogP contribution in [0.3, 0.4) is 0 Å². The van der Waals surface area contributed by atoms with Crippen LogP contribution in [-0.2, 0) is 11.3 Å². The molecule has 0 unspecified atom stereocenters. The second kappa shape index (κ2) is 6.20. The maximum Gasteiger partial charge on any atom is 0.246 e. The van der Waals surface area contributed by atoms with Gasteiger partial charge in [-0.25, -0.2) is 9.36 Å². The molecule has 0 saturated heterocycles. The maximum atomic E-state index is 12.3. The van der Waals surface area contributed by atoms with Gasteiger partial charge >= 0.3 is 0 Å². The van der Waals surface area contributed by atoms with E-state index >= 15 is 0 Å². The van der Waals surface area contributed by atoms with E-state index in [1.807, 2.05) is 67.7 Å². The van der Waals surface area contributed by atoms with Crippen LogP contribution in [0.25, 0.3) is 16.7 Å². The van der Waals surface area contributed by atoms with E-state index in [4.69, 9.17) is 0 Å². The summed E-state index contributed by atoms with van der Waals surface area (Å²) in [5, 5.41) is 15.3. The minimum Gasteiger partial charge on any atom is -0.324 e. The van der Waals surface area contributed by atoms with Gasteiger partial charge in [-0.3, -0.25) is 4.79 Å². The minimum absolute atomic E-state index is 0.112. The normalized spacial score (nSPS) is 10.9. The number of carbonyl (C=O) groups excluding carboxylic acids is 1. The van der Waals surface area contributed by atoms with Crippen LogP contribution in [0.2, 0.25) is 0 Å². The predicted octanol–water partition coefficient (Wildman–Crippen LogP) is 2.56. The van der Waals surface area contributed by atoms with Crippen molar-refractivity contribution < 1.29 is 4.79 Å². The standard InChI is InChI=1S/C18H16N6O/c1-13-10-11-23(21-13)15-8-6-14(7-9-15)19-18(25)12-24-17-5-3-2-4-16(17)20-22-24/h2-11H,12H2,1H3,(H,19,25). The molecular weight excluding hydrogens is 316 g/mol. The van der Waals surface area contributed by atoms with Crippen LogP contribution in [0.4, 0.5) is 5.69 Å². The van der Waals surface area contributed by atoms with Crippen molar-refractivity contribution in [2.45, 2.75) is 13.5 Å². The number of amides is 1. The number of hydrogen-bond acceptors (Lipinski definition) is 4. The Morgan fingerprint density at radius 1 is 1.08 bits per heavy atom. The van der Waals surface area contributed by atoms with E-state index in [0.29, 0.717) is 0 Å². The van der Waals surface area contributed by atoms with Gasteiger partial charge in [0.1, 0.15) is 12.1 Å². The molecule has 2 aromatic heterocycles. The summed E-state index contributed by atoms with van der Waals surface area (Å²) in [6.07, 6.45) is 1.90. The van der Waals surface area contributed by atoms with E-state index in [-0.39, 0.29) is 12.5 Å². The average Bonchev–Trinajstić information content (AvgIpc) is 3.22. The predicted molar refractivity (Wildman–Crippen MR) is 94.5 cm³/mol. The first kappa shape index (κ1) is 15.1. The molecule has 0 bridgehead atoms. The monoisotopic (exact) mass is 332 g/mol. The van der Waals surface area contributed by atoms with Crippen molar-refractivity contribution in [1.82, 2.24) is 24.8 Å². The Morgan fingerprint density at radius 3 is 2.64 bits per heavy atom. The molecule has 2 heterocycles. The zero-order valence-corrected chi connectivity index (χ0v) is 13.6. The minimum atomic E-state index is -0.154. The molecule has 1 N–H and O–H groups in total. The molecule has 7 heteroatoms. The summed E-state index contributed by atoms with van der Waals surface area (Å²) >= 11 is 0. The number of benzene rings is 2. The molecule has 124 valence electrons. The van der Waals surface area contributed by atoms with Gasteiger partial charge in [-0.1, -0.05) is 17.3 Å².